The van der Waals surface area contributed by atoms with Gasteiger partial charge in [-0.05, 0) is 109 Å². The summed E-state index contributed by atoms with van der Waals surface area (Å²) < 4.78 is 16.1. The lowest BCUT2D eigenvalue weighted by Crippen LogP contribution is -2.47. The van der Waals surface area contributed by atoms with Crippen molar-refractivity contribution < 1.29 is 9.47 Å². The molecule has 0 bridgehead atoms. The third-order valence-electron chi connectivity index (χ3n) is 11.3. The molecule has 0 aliphatic carbocycles. The Morgan fingerprint density at radius 3 is 2.11 bits per heavy atom. The molecule has 5 aromatic carbocycles. The van der Waals surface area contributed by atoms with Gasteiger partial charge in [-0.25, -0.2) is 9.98 Å². The van der Waals surface area contributed by atoms with Crippen molar-refractivity contribution in [3.63, 3.8) is 0 Å². The van der Waals surface area contributed by atoms with Gasteiger partial charge in [0.15, 0.2) is 5.60 Å². The van der Waals surface area contributed by atoms with E-state index in [1.807, 2.05) is 18.3 Å². The van der Waals surface area contributed by atoms with Gasteiger partial charge in [-0.3, -0.25) is 4.57 Å². The lowest BCUT2D eigenvalue weighted by molar-refractivity contribution is 0.00858. The molecular weight excluding hydrogens is 651 g/mol. The number of hydrogen-bond donors (Lipinski definition) is 0. The Hall–Kier alpha value is -5.68. The van der Waals surface area contributed by atoms with Crippen molar-refractivity contribution in [1.82, 2.24) is 9.55 Å². The number of ether oxygens (including phenoxy) is 2. The molecule has 0 radical (unpaired) electrons. The number of rotatable bonds is 7. The van der Waals surface area contributed by atoms with Crippen LogP contribution in [0.25, 0.3) is 38.8 Å². The average molecular weight is 698 g/mol. The van der Waals surface area contributed by atoms with Gasteiger partial charge >= 0.3 is 0 Å². The number of aryl methyl sites for hydroxylation is 1. The normalized spacial score (nSPS) is 18.8. The van der Waals surface area contributed by atoms with Crippen LogP contribution in [0.3, 0.4) is 0 Å². The molecule has 53 heavy (non-hydrogen) atoms. The molecule has 0 amide bonds. The number of aliphatic imine (C=N–C) groups is 1. The summed E-state index contributed by atoms with van der Waals surface area (Å²) in [5.74, 6) is 3.16. The van der Waals surface area contributed by atoms with Crippen LogP contribution in [-0.2, 0) is 15.8 Å². The summed E-state index contributed by atoms with van der Waals surface area (Å²) in [6, 6.07) is 44.5. The third-order valence-corrected chi connectivity index (χ3v) is 11.3. The van der Waals surface area contributed by atoms with Gasteiger partial charge in [0.2, 0.25) is 5.90 Å². The molecule has 3 heterocycles. The molecule has 0 N–H and O–H groups in total. The van der Waals surface area contributed by atoms with E-state index in [-0.39, 0.29) is 11.3 Å². The van der Waals surface area contributed by atoms with Crippen LogP contribution in [0.2, 0.25) is 0 Å². The molecule has 5 nitrogen and oxygen atoms in total. The van der Waals surface area contributed by atoms with E-state index in [0.717, 1.165) is 50.2 Å². The number of aromatic nitrogens is 2. The number of benzene rings is 5. The van der Waals surface area contributed by atoms with Crippen LogP contribution in [0.15, 0.2) is 139 Å². The maximum absolute atomic E-state index is 6.98. The van der Waals surface area contributed by atoms with Crippen molar-refractivity contribution in [1.29, 1.82) is 0 Å². The number of pyridine rings is 1. The number of nitrogens with zero attached hydrogens (tertiary/aromatic N) is 3. The largest absolute Gasteiger partial charge is 0.464 e. The van der Waals surface area contributed by atoms with Crippen molar-refractivity contribution in [2.24, 2.45) is 10.9 Å². The second-order valence-corrected chi connectivity index (χ2v) is 16.1. The monoisotopic (exact) mass is 697 g/mol. The molecule has 7 aromatic rings. The summed E-state index contributed by atoms with van der Waals surface area (Å²) in [6.45, 7) is 17.7. The van der Waals surface area contributed by atoms with Gasteiger partial charge < -0.3 is 9.47 Å². The fourth-order valence-corrected chi connectivity index (χ4v) is 7.69. The fourth-order valence-electron chi connectivity index (χ4n) is 7.69. The zero-order valence-electron chi connectivity index (χ0n) is 31.9. The number of fused-ring (bicyclic) bond motifs is 3. The molecule has 0 fully saturated rings. The molecular formula is C48H47N3O2. The summed E-state index contributed by atoms with van der Waals surface area (Å²) >= 11 is 0. The van der Waals surface area contributed by atoms with Gasteiger partial charge in [0.25, 0.3) is 0 Å². The SMILES string of the molecule is Cc1ccc2c(c1)c1ccc(Oc3cc(C4=N[C@](C)(C(C)C)[C@@](C)(c5ccccc5)O4)cc(-c4ccccc4)c3)cc1n2-c1cc(C(C)(C)C)ccn1. The predicted octanol–water partition coefficient (Wildman–Crippen LogP) is 12.4. The highest BCUT2D eigenvalue weighted by molar-refractivity contribution is 6.09. The molecule has 0 saturated carbocycles. The first-order chi connectivity index (χ1) is 25.3. The lowest BCUT2D eigenvalue weighted by Gasteiger charge is -2.40. The maximum atomic E-state index is 6.98. The molecule has 266 valence electrons. The van der Waals surface area contributed by atoms with Crippen LogP contribution >= 0.6 is 0 Å². The van der Waals surface area contributed by atoms with E-state index < -0.39 is 11.1 Å². The van der Waals surface area contributed by atoms with Crippen LogP contribution in [0.4, 0.5) is 0 Å². The summed E-state index contributed by atoms with van der Waals surface area (Å²) in [5, 5.41) is 2.34. The molecule has 8 rings (SSSR count). The first-order valence-corrected chi connectivity index (χ1v) is 18.6. The molecule has 2 aromatic heterocycles. The van der Waals surface area contributed by atoms with E-state index in [9.17, 15) is 0 Å². The topological polar surface area (TPSA) is 48.6 Å². The minimum Gasteiger partial charge on any atom is -0.464 e. The Labute approximate surface area is 313 Å². The van der Waals surface area contributed by atoms with Gasteiger partial charge in [0.05, 0.1) is 11.0 Å². The summed E-state index contributed by atoms with van der Waals surface area (Å²) in [4.78, 5) is 10.3. The van der Waals surface area contributed by atoms with Crippen molar-refractivity contribution in [2.45, 2.75) is 71.9 Å². The van der Waals surface area contributed by atoms with Crippen LogP contribution in [0.1, 0.15) is 70.7 Å². The van der Waals surface area contributed by atoms with Crippen LogP contribution in [0.5, 0.6) is 11.5 Å². The Morgan fingerprint density at radius 2 is 1.40 bits per heavy atom. The molecule has 2 atom stereocenters. The minimum atomic E-state index is -0.656. The second kappa shape index (κ2) is 12.8. The van der Waals surface area contributed by atoms with Gasteiger partial charge in [-0.15, -0.1) is 0 Å². The highest BCUT2D eigenvalue weighted by Crippen LogP contribution is 2.49. The average Bonchev–Trinajstić information content (AvgIpc) is 3.63. The smallest absolute Gasteiger partial charge is 0.217 e. The first-order valence-electron chi connectivity index (χ1n) is 18.6. The number of hydrogen-bond acceptors (Lipinski definition) is 4. The van der Waals surface area contributed by atoms with Gasteiger partial charge in [-0.1, -0.05) is 107 Å². The molecule has 5 heteroatoms. The molecule has 1 aliphatic heterocycles. The minimum absolute atomic E-state index is 0.0126. The third kappa shape index (κ3) is 5.98. The Bertz CT molecular complexity index is 2510. The maximum Gasteiger partial charge on any atom is 0.217 e. The van der Waals surface area contributed by atoms with E-state index in [0.29, 0.717) is 11.6 Å². The first kappa shape index (κ1) is 34.4. The van der Waals surface area contributed by atoms with Crippen molar-refractivity contribution >= 4 is 27.7 Å². The van der Waals surface area contributed by atoms with E-state index in [1.165, 1.54) is 16.5 Å². The fraction of sp³-hybridized carbons (Fsp3) is 0.250. The van der Waals surface area contributed by atoms with E-state index in [1.54, 1.807) is 0 Å². The Kier molecular flexibility index (Phi) is 8.29. The Balaban J connectivity index is 1.26. The van der Waals surface area contributed by atoms with Gasteiger partial charge in [-0.2, -0.15) is 0 Å². The second-order valence-electron chi connectivity index (χ2n) is 16.1. The highest BCUT2D eigenvalue weighted by atomic mass is 16.5. The summed E-state index contributed by atoms with van der Waals surface area (Å²) in [5.41, 5.74) is 7.53. The molecule has 1 aliphatic rings. The van der Waals surface area contributed by atoms with Gasteiger partial charge in [0.1, 0.15) is 22.9 Å². The molecule has 0 spiro atoms. The highest BCUT2D eigenvalue weighted by Gasteiger charge is 2.55. The zero-order valence-corrected chi connectivity index (χ0v) is 31.9. The zero-order chi connectivity index (χ0) is 37.1. The van der Waals surface area contributed by atoms with E-state index >= 15 is 0 Å². The van der Waals surface area contributed by atoms with Crippen LogP contribution in [0, 0.1) is 12.8 Å². The molecule has 0 unspecified atom stereocenters. The molecule has 0 saturated heterocycles. The Morgan fingerprint density at radius 1 is 0.679 bits per heavy atom. The quantitative estimate of drug-likeness (QED) is 0.167. The summed E-state index contributed by atoms with van der Waals surface area (Å²) in [6.07, 6.45) is 1.92. The van der Waals surface area contributed by atoms with Crippen molar-refractivity contribution in [3.05, 3.63) is 156 Å². The van der Waals surface area contributed by atoms with Crippen molar-refractivity contribution in [3.8, 4) is 28.4 Å². The standard InChI is InChI=1S/C48H47N3O2/c1-31(2)47(7)48(8,36-17-13-10-14-18-36)53-45(50-47)35-26-34(33-15-11-9-12-16-33)27-39(28-35)52-38-20-21-40-41-25-32(3)19-22-42(41)51(43(40)30-38)44-29-37(23-24-49-44)46(4,5)6/h9-31H,1-8H3/t47-,48-/m1/s1. The summed E-state index contributed by atoms with van der Waals surface area (Å²) in [7, 11) is 0. The lowest BCUT2D eigenvalue weighted by atomic mass is 9.72. The van der Waals surface area contributed by atoms with E-state index in [2.05, 4.69) is 175 Å². The van der Waals surface area contributed by atoms with Crippen LogP contribution in [-0.4, -0.2) is 21.0 Å². The van der Waals surface area contributed by atoms with Crippen molar-refractivity contribution in [2.75, 3.05) is 0 Å². The van der Waals surface area contributed by atoms with Crippen LogP contribution < -0.4 is 4.74 Å². The van der Waals surface area contributed by atoms with Gasteiger partial charge in [0, 0.05) is 28.6 Å². The van der Waals surface area contributed by atoms with E-state index in [4.69, 9.17) is 19.5 Å². The predicted molar refractivity (Wildman–Crippen MR) is 219 cm³/mol.